The number of hydrogen-bond donors (Lipinski definition) is 1. The summed E-state index contributed by atoms with van der Waals surface area (Å²) in [5.41, 5.74) is 0. The highest BCUT2D eigenvalue weighted by molar-refractivity contribution is 4.96. The molecule has 0 spiro atoms. The number of hydrogen-bond acceptors (Lipinski definition) is 2. The van der Waals surface area contributed by atoms with Gasteiger partial charge in [0.15, 0.2) is 0 Å². The average molecular weight is 154 g/mol. The van der Waals surface area contributed by atoms with Gasteiger partial charge in [0.1, 0.15) is 0 Å². The van der Waals surface area contributed by atoms with Crippen LogP contribution in [0.3, 0.4) is 0 Å². The van der Waals surface area contributed by atoms with Gasteiger partial charge < -0.3 is 5.32 Å². The number of nitrogens with zero attached hydrogens (tertiary/aromatic N) is 1. The molecule has 2 aliphatic heterocycles. The Balaban J connectivity index is 1.91. The molecular weight excluding hydrogens is 136 g/mol. The summed E-state index contributed by atoms with van der Waals surface area (Å²) in [6.45, 7) is 8.42. The topological polar surface area (TPSA) is 15.3 Å². The molecule has 2 nitrogen and oxygen atoms in total. The minimum atomic E-state index is 0.759. The highest BCUT2D eigenvalue weighted by Crippen LogP contribution is 2.30. The minimum absolute atomic E-state index is 0.759. The van der Waals surface area contributed by atoms with Crippen LogP contribution in [0.4, 0.5) is 0 Å². The van der Waals surface area contributed by atoms with Crippen molar-refractivity contribution in [3.63, 3.8) is 0 Å². The molecule has 2 fully saturated rings. The Hall–Kier alpha value is -0.0800. The molecule has 2 atom stereocenters. The van der Waals surface area contributed by atoms with Crippen molar-refractivity contribution in [2.45, 2.75) is 32.4 Å². The monoisotopic (exact) mass is 154 g/mol. The summed E-state index contributed by atoms with van der Waals surface area (Å²) in [5, 5.41) is 3.45. The van der Waals surface area contributed by atoms with Crippen LogP contribution in [0.25, 0.3) is 0 Å². The molecule has 1 N–H and O–H groups in total. The fourth-order valence-corrected chi connectivity index (χ4v) is 2.39. The maximum absolute atomic E-state index is 3.45. The van der Waals surface area contributed by atoms with E-state index in [0.717, 1.165) is 18.0 Å². The Morgan fingerprint density at radius 1 is 1.45 bits per heavy atom. The normalized spacial score (nSPS) is 38.5. The van der Waals surface area contributed by atoms with Crippen molar-refractivity contribution < 1.29 is 0 Å². The molecule has 0 aromatic heterocycles. The van der Waals surface area contributed by atoms with Gasteiger partial charge >= 0.3 is 0 Å². The van der Waals surface area contributed by atoms with Crippen molar-refractivity contribution in [1.82, 2.24) is 10.2 Å². The van der Waals surface area contributed by atoms with Crippen molar-refractivity contribution in [3.05, 3.63) is 0 Å². The molecule has 0 aromatic carbocycles. The van der Waals surface area contributed by atoms with E-state index in [1.807, 2.05) is 0 Å². The van der Waals surface area contributed by atoms with E-state index in [0.29, 0.717) is 0 Å². The molecule has 64 valence electrons. The second-order valence-electron chi connectivity index (χ2n) is 4.11. The number of fused-ring (bicyclic) bond motifs is 1. The van der Waals surface area contributed by atoms with Gasteiger partial charge in [-0.25, -0.2) is 0 Å². The lowest BCUT2D eigenvalue weighted by molar-refractivity contribution is -0.0288. The lowest BCUT2D eigenvalue weighted by Gasteiger charge is -2.53. The van der Waals surface area contributed by atoms with Crippen LogP contribution in [0.5, 0.6) is 0 Å². The third-order valence-electron chi connectivity index (χ3n) is 3.10. The summed E-state index contributed by atoms with van der Waals surface area (Å²) in [6, 6.07) is 1.67. The molecule has 0 unspecified atom stereocenters. The molecule has 0 bridgehead atoms. The third-order valence-corrected chi connectivity index (χ3v) is 3.10. The Labute approximate surface area is 69.0 Å². The first-order chi connectivity index (χ1) is 5.29. The standard InChI is InChI=1S/C9H18N2/c1-7(2)11-6-8-5-10-4-3-9(8)11/h7-10H,3-6H2,1-2H3/t8-,9-/m1/s1. The van der Waals surface area contributed by atoms with Gasteiger partial charge in [-0.15, -0.1) is 0 Å². The number of piperidine rings is 1. The van der Waals surface area contributed by atoms with Crippen LogP contribution in [0.1, 0.15) is 20.3 Å². The van der Waals surface area contributed by atoms with Crippen LogP contribution in [0, 0.1) is 5.92 Å². The third kappa shape index (κ3) is 1.18. The van der Waals surface area contributed by atoms with E-state index in [4.69, 9.17) is 0 Å². The van der Waals surface area contributed by atoms with Gasteiger partial charge in [0, 0.05) is 25.2 Å². The second-order valence-corrected chi connectivity index (χ2v) is 4.11. The Morgan fingerprint density at radius 2 is 2.27 bits per heavy atom. The summed E-state index contributed by atoms with van der Waals surface area (Å²) >= 11 is 0. The summed E-state index contributed by atoms with van der Waals surface area (Å²) in [4.78, 5) is 2.63. The number of likely N-dealkylation sites (tertiary alicyclic amines) is 1. The lowest BCUT2D eigenvalue weighted by Crippen LogP contribution is -2.64. The second kappa shape index (κ2) is 2.76. The van der Waals surface area contributed by atoms with E-state index < -0.39 is 0 Å². The van der Waals surface area contributed by atoms with E-state index >= 15 is 0 Å². The van der Waals surface area contributed by atoms with Crippen LogP contribution in [0.15, 0.2) is 0 Å². The zero-order valence-corrected chi connectivity index (χ0v) is 7.51. The average Bonchev–Trinajstić information content (AvgIpc) is 1.90. The van der Waals surface area contributed by atoms with Gasteiger partial charge in [0.25, 0.3) is 0 Å². The van der Waals surface area contributed by atoms with Crippen molar-refractivity contribution in [3.8, 4) is 0 Å². The lowest BCUT2D eigenvalue weighted by atomic mass is 9.82. The summed E-state index contributed by atoms with van der Waals surface area (Å²) in [5.74, 6) is 0.964. The first-order valence-corrected chi connectivity index (χ1v) is 4.75. The maximum atomic E-state index is 3.45. The SMILES string of the molecule is CC(C)N1C[C@H]2CNCC[C@H]21. The Kier molecular flexibility index (Phi) is 1.90. The van der Waals surface area contributed by atoms with Crippen LogP contribution in [0.2, 0.25) is 0 Å². The largest absolute Gasteiger partial charge is 0.316 e. The van der Waals surface area contributed by atoms with Crippen molar-refractivity contribution in [2.75, 3.05) is 19.6 Å². The predicted molar refractivity (Wildman–Crippen MR) is 46.6 cm³/mol. The quantitative estimate of drug-likeness (QED) is 0.598. The molecule has 0 amide bonds. The molecule has 0 radical (unpaired) electrons. The fraction of sp³-hybridized carbons (Fsp3) is 1.00. The van der Waals surface area contributed by atoms with E-state index in [2.05, 4.69) is 24.1 Å². The van der Waals surface area contributed by atoms with Gasteiger partial charge in [0.05, 0.1) is 0 Å². The van der Waals surface area contributed by atoms with Gasteiger partial charge in [-0.2, -0.15) is 0 Å². The molecule has 2 heteroatoms. The molecule has 2 rings (SSSR count). The Morgan fingerprint density at radius 3 is 2.91 bits per heavy atom. The summed E-state index contributed by atoms with van der Waals surface area (Å²) < 4.78 is 0. The Bertz CT molecular complexity index is 144. The number of rotatable bonds is 1. The van der Waals surface area contributed by atoms with E-state index in [-0.39, 0.29) is 0 Å². The van der Waals surface area contributed by atoms with E-state index in [1.165, 1.54) is 26.1 Å². The van der Waals surface area contributed by atoms with Crippen LogP contribution >= 0.6 is 0 Å². The summed E-state index contributed by atoms with van der Waals surface area (Å²) in [7, 11) is 0. The molecule has 2 saturated heterocycles. The maximum Gasteiger partial charge on any atom is 0.0163 e. The smallest absolute Gasteiger partial charge is 0.0163 e. The van der Waals surface area contributed by atoms with Gasteiger partial charge in [0.2, 0.25) is 0 Å². The van der Waals surface area contributed by atoms with Crippen molar-refractivity contribution >= 4 is 0 Å². The van der Waals surface area contributed by atoms with E-state index in [1.54, 1.807) is 0 Å². The minimum Gasteiger partial charge on any atom is -0.316 e. The van der Waals surface area contributed by atoms with Gasteiger partial charge in [-0.1, -0.05) is 0 Å². The molecule has 11 heavy (non-hydrogen) atoms. The van der Waals surface area contributed by atoms with Crippen molar-refractivity contribution in [2.24, 2.45) is 5.92 Å². The molecule has 0 saturated carbocycles. The van der Waals surface area contributed by atoms with E-state index in [9.17, 15) is 0 Å². The van der Waals surface area contributed by atoms with Crippen molar-refractivity contribution in [1.29, 1.82) is 0 Å². The van der Waals surface area contributed by atoms with Crippen LogP contribution in [-0.4, -0.2) is 36.6 Å². The molecule has 0 aromatic rings. The molecule has 2 heterocycles. The highest BCUT2D eigenvalue weighted by Gasteiger charge is 2.40. The molecule has 0 aliphatic carbocycles. The van der Waals surface area contributed by atoms with Gasteiger partial charge in [-0.3, -0.25) is 4.90 Å². The highest BCUT2D eigenvalue weighted by atomic mass is 15.3. The zero-order valence-electron chi connectivity index (χ0n) is 7.51. The van der Waals surface area contributed by atoms with Crippen LogP contribution < -0.4 is 5.32 Å². The fourth-order valence-electron chi connectivity index (χ4n) is 2.39. The van der Waals surface area contributed by atoms with Gasteiger partial charge in [-0.05, 0) is 32.7 Å². The molecule has 2 aliphatic rings. The summed E-state index contributed by atoms with van der Waals surface area (Å²) in [6.07, 6.45) is 1.36. The van der Waals surface area contributed by atoms with Crippen LogP contribution in [-0.2, 0) is 0 Å². The molecular formula is C9H18N2. The first-order valence-electron chi connectivity index (χ1n) is 4.75. The zero-order chi connectivity index (χ0) is 7.84. The predicted octanol–water partition coefficient (Wildman–Crippen LogP) is 0.688. The first kappa shape index (κ1) is 7.56. The number of nitrogens with one attached hydrogen (secondary N) is 1.